The number of rotatable bonds is 4. The molecule has 0 aliphatic heterocycles. The molecule has 0 heterocycles. The number of benzene rings is 1. The van der Waals surface area contributed by atoms with Crippen molar-refractivity contribution in [1.29, 1.82) is 0 Å². The molecule has 0 aromatic heterocycles. The molecule has 4 nitrogen and oxygen atoms in total. The summed E-state index contributed by atoms with van der Waals surface area (Å²) in [7, 11) is 0. The summed E-state index contributed by atoms with van der Waals surface area (Å²) in [6, 6.07) is 3.08. The van der Waals surface area contributed by atoms with Crippen LogP contribution < -0.4 is 15.8 Å². The van der Waals surface area contributed by atoms with Crippen molar-refractivity contribution in [1.82, 2.24) is 0 Å². The third-order valence-electron chi connectivity index (χ3n) is 2.45. The van der Waals surface area contributed by atoms with Gasteiger partial charge < -0.3 is 15.8 Å². The number of carbonyl (C=O) groups excluding carboxylic acids is 1. The average molecular weight is 355 g/mol. The Kier molecular flexibility index (Phi) is 5.41. The second-order valence-electron chi connectivity index (χ2n) is 4.45. The van der Waals surface area contributed by atoms with E-state index >= 15 is 0 Å². The van der Waals surface area contributed by atoms with Gasteiger partial charge in [-0.3, -0.25) is 4.79 Å². The third kappa shape index (κ3) is 5.01. The fourth-order valence-electron chi connectivity index (χ4n) is 1.33. The molecule has 1 amide bonds. The molecule has 1 aromatic carbocycles. The van der Waals surface area contributed by atoms with E-state index in [1.54, 1.807) is 13.8 Å². The van der Waals surface area contributed by atoms with Crippen LogP contribution in [0.2, 0.25) is 0 Å². The average Bonchev–Trinajstić information content (AvgIpc) is 2.29. The number of halogens is 4. The molecule has 1 atom stereocenters. The number of amides is 1. The van der Waals surface area contributed by atoms with Gasteiger partial charge in [0.15, 0.2) is 5.75 Å². The van der Waals surface area contributed by atoms with Crippen LogP contribution in [0.15, 0.2) is 22.7 Å². The van der Waals surface area contributed by atoms with Crippen LogP contribution in [-0.2, 0) is 4.79 Å². The highest BCUT2D eigenvalue weighted by Crippen LogP contribution is 2.33. The monoisotopic (exact) mass is 354 g/mol. The SMILES string of the molecule is CC(C)C(N)C(=O)Nc1ccc(Br)cc1OC(F)(F)F. The second kappa shape index (κ2) is 6.45. The molecule has 112 valence electrons. The predicted molar refractivity (Wildman–Crippen MR) is 72.3 cm³/mol. The van der Waals surface area contributed by atoms with E-state index < -0.39 is 24.1 Å². The molecule has 0 radical (unpaired) electrons. The van der Waals surface area contributed by atoms with E-state index in [1.807, 2.05) is 0 Å². The minimum Gasteiger partial charge on any atom is -0.404 e. The normalized spacial score (nSPS) is 13.2. The van der Waals surface area contributed by atoms with E-state index in [1.165, 1.54) is 12.1 Å². The Morgan fingerprint density at radius 3 is 2.50 bits per heavy atom. The Morgan fingerprint density at radius 2 is 2.00 bits per heavy atom. The standard InChI is InChI=1S/C12H14BrF3N2O2/c1-6(2)10(17)11(19)18-8-4-3-7(13)5-9(8)20-12(14,15)16/h3-6,10H,17H2,1-2H3,(H,18,19). The summed E-state index contributed by atoms with van der Waals surface area (Å²) in [4.78, 5) is 11.8. The van der Waals surface area contributed by atoms with Crippen LogP contribution in [0.25, 0.3) is 0 Å². The molecule has 0 bridgehead atoms. The first kappa shape index (κ1) is 16.8. The van der Waals surface area contributed by atoms with Crippen molar-refractivity contribution in [3.63, 3.8) is 0 Å². The van der Waals surface area contributed by atoms with Crippen molar-refractivity contribution in [3.05, 3.63) is 22.7 Å². The van der Waals surface area contributed by atoms with Gasteiger partial charge in [0.25, 0.3) is 0 Å². The summed E-state index contributed by atoms with van der Waals surface area (Å²) < 4.78 is 41.2. The first-order valence-corrected chi connectivity index (χ1v) is 6.51. The summed E-state index contributed by atoms with van der Waals surface area (Å²) in [6.07, 6.45) is -4.85. The van der Waals surface area contributed by atoms with Gasteiger partial charge in [0.05, 0.1) is 11.7 Å². The number of hydrogen-bond donors (Lipinski definition) is 2. The summed E-state index contributed by atoms with van der Waals surface area (Å²) in [5.74, 6) is -1.22. The number of alkyl halides is 3. The van der Waals surface area contributed by atoms with E-state index in [9.17, 15) is 18.0 Å². The first-order chi connectivity index (χ1) is 9.10. The fraction of sp³-hybridized carbons (Fsp3) is 0.417. The molecule has 1 rings (SSSR count). The van der Waals surface area contributed by atoms with E-state index in [0.29, 0.717) is 4.47 Å². The quantitative estimate of drug-likeness (QED) is 0.871. The van der Waals surface area contributed by atoms with Gasteiger partial charge in [0, 0.05) is 4.47 Å². The largest absolute Gasteiger partial charge is 0.573 e. The lowest BCUT2D eigenvalue weighted by Crippen LogP contribution is -2.39. The van der Waals surface area contributed by atoms with Crippen LogP contribution in [0, 0.1) is 5.92 Å². The topological polar surface area (TPSA) is 64.4 Å². The maximum Gasteiger partial charge on any atom is 0.573 e. The van der Waals surface area contributed by atoms with Gasteiger partial charge in [-0.25, -0.2) is 0 Å². The van der Waals surface area contributed by atoms with Gasteiger partial charge in [-0.2, -0.15) is 0 Å². The van der Waals surface area contributed by atoms with Gasteiger partial charge in [-0.15, -0.1) is 13.2 Å². The minimum absolute atomic E-state index is 0.0911. The highest BCUT2D eigenvalue weighted by molar-refractivity contribution is 9.10. The second-order valence-corrected chi connectivity index (χ2v) is 5.36. The highest BCUT2D eigenvalue weighted by Gasteiger charge is 2.32. The van der Waals surface area contributed by atoms with Gasteiger partial charge >= 0.3 is 6.36 Å². The number of nitrogens with one attached hydrogen (secondary N) is 1. The molecule has 1 unspecified atom stereocenters. The van der Waals surface area contributed by atoms with Crippen molar-refractivity contribution >= 4 is 27.5 Å². The van der Waals surface area contributed by atoms with Crippen LogP contribution in [-0.4, -0.2) is 18.3 Å². The molecular weight excluding hydrogens is 341 g/mol. The smallest absolute Gasteiger partial charge is 0.404 e. The molecule has 3 N–H and O–H groups in total. The highest BCUT2D eigenvalue weighted by atomic mass is 79.9. The summed E-state index contributed by atoms with van der Waals surface area (Å²) >= 11 is 3.04. The predicted octanol–water partition coefficient (Wildman–Crippen LogP) is 3.27. The number of hydrogen-bond acceptors (Lipinski definition) is 3. The lowest BCUT2D eigenvalue weighted by atomic mass is 10.0. The van der Waals surface area contributed by atoms with Crippen molar-refractivity contribution in [2.24, 2.45) is 11.7 Å². The minimum atomic E-state index is -4.85. The van der Waals surface area contributed by atoms with Crippen molar-refractivity contribution in [2.45, 2.75) is 26.3 Å². The molecule has 20 heavy (non-hydrogen) atoms. The zero-order valence-corrected chi connectivity index (χ0v) is 12.4. The van der Waals surface area contributed by atoms with Gasteiger partial charge in [0.2, 0.25) is 5.91 Å². The molecular formula is C12H14BrF3N2O2. The molecule has 0 saturated carbocycles. The number of anilines is 1. The first-order valence-electron chi connectivity index (χ1n) is 5.72. The van der Waals surface area contributed by atoms with Crippen LogP contribution >= 0.6 is 15.9 Å². The van der Waals surface area contributed by atoms with Gasteiger partial charge in [0.1, 0.15) is 0 Å². The Bertz CT molecular complexity index is 492. The van der Waals surface area contributed by atoms with Crippen LogP contribution in [0.3, 0.4) is 0 Å². The number of carbonyl (C=O) groups is 1. The van der Waals surface area contributed by atoms with E-state index in [2.05, 4.69) is 26.0 Å². The van der Waals surface area contributed by atoms with E-state index in [4.69, 9.17) is 5.73 Å². The lowest BCUT2D eigenvalue weighted by molar-refractivity contribution is -0.274. The Hall–Kier alpha value is -1.28. The Balaban J connectivity index is 2.97. The molecule has 8 heteroatoms. The molecule has 1 aromatic rings. The molecule has 0 fully saturated rings. The van der Waals surface area contributed by atoms with Crippen LogP contribution in [0.5, 0.6) is 5.75 Å². The Morgan fingerprint density at radius 1 is 1.40 bits per heavy atom. The van der Waals surface area contributed by atoms with Crippen LogP contribution in [0.4, 0.5) is 18.9 Å². The number of ether oxygens (including phenoxy) is 1. The van der Waals surface area contributed by atoms with E-state index in [0.717, 1.165) is 6.07 Å². The zero-order valence-electron chi connectivity index (χ0n) is 10.8. The van der Waals surface area contributed by atoms with Crippen LogP contribution in [0.1, 0.15) is 13.8 Å². The van der Waals surface area contributed by atoms with Gasteiger partial charge in [-0.1, -0.05) is 29.8 Å². The maximum absolute atomic E-state index is 12.3. The third-order valence-corrected chi connectivity index (χ3v) is 2.94. The summed E-state index contributed by atoms with van der Waals surface area (Å²) in [5, 5.41) is 2.33. The van der Waals surface area contributed by atoms with Crippen molar-refractivity contribution in [2.75, 3.05) is 5.32 Å². The molecule has 0 saturated heterocycles. The zero-order chi connectivity index (χ0) is 15.5. The van der Waals surface area contributed by atoms with Crippen molar-refractivity contribution in [3.8, 4) is 5.75 Å². The fourth-order valence-corrected chi connectivity index (χ4v) is 1.67. The lowest BCUT2D eigenvalue weighted by Gasteiger charge is -2.18. The molecule has 0 aliphatic carbocycles. The summed E-state index contributed by atoms with van der Waals surface area (Å²) in [6.45, 7) is 3.47. The molecule has 0 aliphatic rings. The van der Waals surface area contributed by atoms with Gasteiger partial charge in [-0.05, 0) is 24.1 Å². The summed E-state index contributed by atoms with van der Waals surface area (Å²) in [5.41, 5.74) is 5.54. The molecule has 0 spiro atoms. The van der Waals surface area contributed by atoms with Crippen molar-refractivity contribution < 1.29 is 22.7 Å². The maximum atomic E-state index is 12.3. The number of nitrogens with two attached hydrogens (primary N) is 1. The van der Waals surface area contributed by atoms with E-state index in [-0.39, 0.29) is 11.6 Å². The Labute approximate surface area is 122 Å².